The van der Waals surface area contributed by atoms with Crippen LogP contribution in [0.5, 0.6) is 0 Å². The zero-order valence-electron chi connectivity index (χ0n) is 11.2. The van der Waals surface area contributed by atoms with E-state index in [4.69, 9.17) is 16.4 Å². The average molecular weight is 297 g/mol. The van der Waals surface area contributed by atoms with Gasteiger partial charge in [0.05, 0.1) is 11.7 Å². The van der Waals surface area contributed by atoms with Crippen LogP contribution in [-0.4, -0.2) is 11.2 Å². The van der Waals surface area contributed by atoms with Crippen molar-refractivity contribution in [1.82, 2.24) is 4.98 Å². The highest BCUT2D eigenvalue weighted by Crippen LogP contribution is 2.16. The van der Waals surface area contributed by atoms with E-state index in [0.717, 1.165) is 22.0 Å². The van der Waals surface area contributed by atoms with Gasteiger partial charge >= 0.3 is 0 Å². The van der Waals surface area contributed by atoms with Gasteiger partial charge < -0.3 is 4.84 Å². The molecule has 21 heavy (non-hydrogen) atoms. The maximum Gasteiger partial charge on any atom is 0.144 e. The van der Waals surface area contributed by atoms with E-state index in [0.29, 0.717) is 11.6 Å². The minimum atomic E-state index is 0.387. The molecule has 0 atom stereocenters. The summed E-state index contributed by atoms with van der Waals surface area (Å²) in [5, 5.41) is 5.78. The molecule has 0 aliphatic rings. The molecule has 3 aromatic rings. The molecule has 4 heteroatoms. The summed E-state index contributed by atoms with van der Waals surface area (Å²) in [5.74, 6) is 0. The number of para-hydroxylation sites is 1. The Hall–Kier alpha value is -2.39. The number of fused-ring (bicyclic) bond motifs is 1. The van der Waals surface area contributed by atoms with Gasteiger partial charge in [0.25, 0.3) is 0 Å². The van der Waals surface area contributed by atoms with E-state index in [9.17, 15) is 0 Å². The number of benzene rings is 2. The maximum atomic E-state index is 5.83. The quantitative estimate of drug-likeness (QED) is 0.527. The lowest BCUT2D eigenvalue weighted by Gasteiger charge is -2.04. The lowest BCUT2D eigenvalue weighted by atomic mass is 10.1. The molecule has 1 aromatic heterocycles. The number of hydrogen-bond donors (Lipinski definition) is 0. The predicted molar refractivity (Wildman–Crippen MR) is 85.6 cm³/mol. The number of aromatic nitrogens is 1. The van der Waals surface area contributed by atoms with Crippen LogP contribution < -0.4 is 0 Å². The number of pyridine rings is 1. The standard InChI is InChI=1S/C17H13ClN2O/c18-16-8-6-13(7-9-16)11-20-21-12-15-4-1-3-14-5-2-10-19-17(14)15/h1-11H,12H2/b20-11+. The fourth-order valence-corrected chi connectivity index (χ4v) is 2.16. The van der Waals surface area contributed by atoms with E-state index in [-0.39, 0.29) is 0 Å². The van der Waals surface area contributed by atoms with Crippen LogP contribution in [0.25, 0.3) is 10.9 Å². The highest BCUT2D eigenvalue weighted by Gasteiger charge is 2.01. The first-order valence-electron chi connectivity index (χ1n) is 6.56. The van der Waals surface area contributed by atoms with E-state index in [1.54, 1.807) is 12.4 Å². The first-order chi connectivity index (χ1) is 10.3. The van der Waals surface area contributed by atoms with E-state index < -0.39 is 0 Å². The Morgan fingerprint density at radius 1 is 1.05 bits per heavy atom. The second-order valence-electron chi connectivity index (χ2n) is 4.55. The lowest BCUT2D eigenvalue weighted by Crippen LogP contribution is -1.91. The lowest BCUT2D eigenvalue weighted by molar-refractivity contribution is 0.133. The molecule has 104 valence electrons. The summed E-state index contributed by atoms with van der Waals surface area (Å²) in [6.45, 7) is 0.387. The van der Waals surface area contributed by atoms with Crippen molar-refractivity contribution in [3.05, 3.63) is 76.9 Å². The molecule has 0 saturated heterocycles. The third-order valence-electron chi connectivity index (χ3n) is 3.08. The second kappa shape index (κ2) is 6.37. The summed E-state index contributed by atoms with van der Waals surface area (Å²) in [7, 11) is 0. The van der Waals surface area contributed by atoms with E-state index in [1.807, 2.05) is 54.6 Å². The summed E-state index contributed by atoms with van der Waals surface area (Å²) in [6.07, 6.45) is 3.44. The molecule has 0 amide bonds. The summed E-state index contributed by atoms with van der Waals surface area (Å²) in [4.78, 5) is 9.74. The predicted octanol–water partition coefficient (Wildman–Crippen LogP) is 4.44. The van der Waals surface area contributed by atoms with Crippen LogP contribution in [0.2, 0.25) is 5.02 Å². The summed E-state index contributed by atoms with van der Waals surface area (Å²) in [6, 6.07) is 17.4. The van der Waals surface area contributed by atoms with Crippen molar-refractivity contribution in [2.75, 3.05) is 0 Å². The molecular formula is C17H13ClN2O. The normalized spacial score (nSPS) is 11.1. The van der Waals surface area contributed by atoms with E-state index in [1.165, 1.54) is 0 Å². The molecule has 1 heterocycles. The molecule has 0 saturated carbocycles. The van der Waals surface area contributed by atoms with Crippen LogP contribution in [0.4, 0.5) is 0 Å². The van der Waals surface area contributed by atoms with Crippen molar-refractivity contribution in [3.8, 4) is 0 Å². The molecule has 0 aliphatic carbocycles. The van der Waals surface area contributed by atoms with Crippen LogP contribution in [0.3, 0.4) is 0 Å². The monoisotopic (exact) mass is 296 g/mol. The number of hydrogen-bond acceptors (Lipinski definition) is 3. The van der Waals surface area contributed by atoms with Gasteiger partial charge in [0.2, 0.25) is 0 Å². The number of rotatable bonds is 4. The Morgan fingerprint density at radius 3 is 2.71 bits per heavy atom. The van der Waals surface area contributed by atoms with E-state index >= 15 is 0 Å². The molecule has 0 unspecified atom stereocenters. The molecule has 0 N–H and O–H groups in total. The van der Waals surface area contributed by atoms with Gasteiger partial charge in [-0.25, -0.2) is 0 Å². The maximum absolute atomic E-state index is 5.83. The SMILES string of the molecule is Clc1ccc(/C=N/OCc2cccc3cccnc23)cc1. The van der Waals surface area contributed by atoms with Gasteiger partial charge in [0.1, 0.15) is 6.61 Å². The van der Waals surface area contributed by atoms with E-state index in [2.05, 4.69) is 10.1 Å². The van der Waals surface area contributed by atoms with Crippen molar-refractivity contribution in [2.24, 2.45) is 5.16 Å². The average Bonchev–Trinajstić information content (AvgIpc) is 2.53. The third-order valence-corrected chi connectivity index (χ3v) is 3.33. The summed E-state index contributed by atoms with van der Waals surface area (Å²) in [5.41, 5.74) is 2.90. The Balaban J connectivity index is 1.68. The fourth-order valence-electron chi connectivity index (χ4n) is 2.04. The Bertz CT molecular complexity index is 764. The molecule has 0 bridgehead atoms. The smallest absolute Gasteiger partial charge is 0.144 e. The van der Waals surface area contributed by atoms with Gasteiger partial charge in [-0.1, -0.05) is 53.2 Å². The number of oxime groups is 1. The van der Waals surface area contributed by atoms with Gasteiger partial charge in [-0.15, -0.1) is 0 Å². The fraction of sp³-hybridized carbons (Fsp3) is 0.0588. The van der Waals surface area contributed by atoms with Gasteiger partial charge in [0.15, 0.2) is 0 Å². The highest BCUT2D eigenvalue weighted by molar-refractivity contribution is 6.30. The zero-order valence-corrected chi connectivity index (χ0v) is 12.0. The Kier molecular flexibility index (Phi) is 4.12. The van der Waals surface area contributed by atoms with Crippen molar-refractivity contribution < 1.29 is 4.84 Å². The molecule has 3 rings (SSSR count). The van der Waals surface area contributed by atoms with Crippen molar-refractivity contribution in [2.45, 2.75) is 6.61 Å². The topological polar surface area (TPSA) is 34.5 Å². The molecule has 0 radical (unpaired) electrons. The van der Waals surface area contributed by atoms with Crippen LogP contribution in [-0.2, 0) is 11.4 Å². The molecule has 0 aliphatic heterocycles. The Labute approximate surface area is 127 Å². The second-order valence-corrected chi connectivity index (χ2v) is 4.99. The van der Waals surface area contributed by atoms with Gasteiger partial charge in [-0.05, 0) is 23.8 Å². The molecule has 3 nitrogen and oxygen atoms in total. The minimum absolute atomic E-state index is 0.387. The van der Waals surface area contributed by atoms with Crippen LogP contribution in [0.15, 0.2) is 65.9 Å². The van der Waals surface area contributed by atoms with Crippen molar-refractivity contribution >= 4 is 28.7 Å². The van der Waals surface area contributed by atoms with Crippen molar-refractivity contribution in [3.63, 3.8) is 0 Å². The molecular weight excluding hydrogens is 284 g/mol. The minimum Gasteiger partial charge on any atom is -0.391 e. The number of nitrogens with zero attached hydrogens (tertiary/aromatic N) is 2. The zero-order chi connectivity index (χ0) is 14.5. The van der Waals surface area contributed by atoms with Crippen LogP contribution in [0.1, 0.15) is 11.1 Å². The van der Waals surface area contributed by atoms with Crippen LogP contribution in [0, 0.1) is 0 Å². The molecule has 2 aromatic carbocycles. The highest BCUT2D eigenvalue weighted by atomic mass is 35.5. The Morgan fingerprint density at radius 2 is 1.86 bits per heavy atom. The third kappa shape index (κ3) is 3.38. The first-order valence-corrected chi connectivity index (χ1v) is 6.94. The van der Waals surface area contributed by atoms with Crippen molar-refractivity contribution in [1.29, 1.82) is 0 Å². The molecule has 0 fully saturated rings. The first kappa shape index (κ1) is 13.6. The largest absolute Gasteiger partial charge is 0.391 e. The summed E-state index contributed by atoms with van der Waals surface area (Å²) < 4.78 is 0. The van der Waals surface area contributed by atoms with Gasteiger partial charge in [-0.2, -0.15) is 0 Å². The van der Waals surface area contributed by atoms with Gasteiger partial charge in [-0.3, -0.25) is 4.98 Å². The summed E-state index contributed by atoms with van der Waals surface area (Å²) >= 11 is 5.83. The van der Waals surface area contributed by atoms with Crippen LogP contribution >= 0.6 is 11.6 Å². The molecule has 0 spiro atoms. The van der Waals surface area contributed by atoms with Gasteiger partial charge in [0, 0.05) is 22.2 Å². The number of halogens is 1.